The maximum Gasteiger partial charge on any atom is 0.246 e. The Kier molecular flexibility index (Phi) is 2.84. The molecule has 0 radical (unpaired) electrons. The van der Waals surface area contributed by atoms with E-state index in [0.29, 0.717) is 5.92 Å². The summed E-state index contributed by atoms with van der Waals surface area (Å²) in [6.07, 6.45) is 0. The maximum absolute atomic E-state index is 11.1. The highest BCUT2D eigenvalue weighted by Gasteiger charge is 2.28. The molecule has 11 heavy (non-hydrogen) atoms. The molecule has 1 unspecified atom stereocenters. The van der Waals surface area contributed by atoms with Crippen LogP contribution in [0.1, 0.15) is 6.92 Å². The first-order valence-corrected chi connectivity index (χ1v) is 3.79. The number of nitrogens with one attached hydrogen (secondary N) is 2. The zero-order valence-corrected chi connectivity index (χ0v) is 6.89. The first-order valence-electron chi connectivity index (χ1n) is 3.79. The van der Waals surface area contributed by atoms with Gasteiger partial charge in [-0.25, -0.2) is 5.48 Å². The number of hydrogen-bond donors (Lipinski definition) is 2. The monoisotopic (exact) mass is 158 g/mol. The van der Waals surface area contributed by atoms with Gasteiger partial charge >= 0.3 is 0 Å². The summed E-state index contributed by atoms with van der Waals surface area (Å²) in [6.45, 7) is 3.80. The summed E-state index contributed by atoms with van der Waals surface area (Å²) in [5, 5.41) is 3.12. The third-order valence-electron chi connectivity index (χ3n) is 2.14. The van der Waals surface area contributed by atoms with Crippen LogP contribution in [-0.4, -0.2) is 26.1 Å². The van der Waals surface area contributed by atoms with E-state index in [9.17, 15) is 4.79 Å². The number of hydroxylamine groups is 1. The predicted molar refractivity (Wildman–Crippen MR) is 40.7 cm³/mol. The van der Waals surface area contributed by atoms with Crippen LogP contribution < -0.4 is 10.8 Å². The molecule has 1 rings (SSSR count). The lowest BCUT2D eigenvalue weighted by Crippen LogP contribution is -2.49. The fourth-order valence-corrected chi connectivity index (χ4v) is 1.07. The Morgan fingerprint density at radius 2 is 2.36 bits per heavy atom. The van der Waals surface area contributed by atoms with Gasteiger partial charge in [-0.2, -0.15) is 0 Å². The van der Waals surface area contributed by atoms with Crippen LogP contribution in [0.3, 0.4) is 0 Å². The van der Waals surface area contributed by atoms with Gasteiger partial charge in [0.2, 0.25) is 5.91 Å². The minimum Gasteiger partial charge on any atom is -0.316 e. The SMILES string of the molecule is CONC(=O)C(C)C1CNC1. The van der Waals surface area contributed by atoms with Gasteiger partial charge in [0.05, 0.1) is 7.11 Å². The molecule has 4 nitrogen and oxygen atoms in total. The van der Waals surface area contributed by atoms with Crippen LogP contribution in [0.5, 0.6) is 0 Å². The Morgan fingerprint density at radius 1 is 1.73 bits per heavy atom. The summed E-state index contributed by atoms with van der Waals surface area (Å²) in [4.78, 5) is 15.6. The van der Waals surface area contributed by atoms with Crippen molar-refractivity contribution in [1.82, 2.24) is 10.8 Å². The van der Waals surface area contributed by atoms with Gasteiger partial charge in [0.1, 0.15) is 0 Å². The van der Waals surface area contributed by atoms with Crippen molar-refractivity contribution < 1.29 is 9.63 Å². The average Bonchev–Trinajstić information content (AvgIpc) is 1.84. The molecule has 0 saturated carbocycles. The van der Waals surface area contributed by atoms with E-state index in [1.807, 2.05) is 6.92 Å². The van der Waals surface area contributed by atoms with Gasteiger partial charge in [0.25, 0.3) is 0 Å². The van der Waals surface area contributed by atoms with E-state index in [1.54, 1.807) is 0 Å². The molecule has 0 aromatic heterocycles. The Balaban J connectivity index is 2.27. The van der Waals surface area contributed by atoms with Crippen molar-refractivity contribution >= 4 is 5.91 Å². The van der Waals surface area contributed by atoms with Gasteiger partial charge in [0, 0.05) is 5.92 Å². The van der Waals surface area contributed by atoms with Crippen LogP contribution in [0.4, 0.5) is 0 Å². The number of carbonyl (C=O) groups is 1. The molecule has 0 aromatic rings. The van der Waals surface area contributed by atoms with Gasteiger partial charge in [-0.1, -0.05) is 6.92 Å². The molecule has 1 atom stereocenters. The second-order valence-electron chi connectivity index (χ2n) is 2.88. The van der Waals surface area contributed by atoms with Gasteiger partial charge in [-0.05, 0) is 19.0 Å². The fraction of sp³-hybridized carbons (Fsp3) is 0.857. The number of rotatable bonds is 3. The first kappa shape index (κ1) is 8.49. The van der Waals surface area contributed by atoms with Gasteiger partial charge in [-0.15, -0.1) is 0 Å². The average molecular weight is 158 g/mol. The van der Waals surface area contributed by atoms with E-state index in [1.165, 1.54) is 7.11 Å². The van der Waals surface area contributed by atoms with Gasteiger partial charge < -0.3 is 5.32 Å². The van der Waals surface area contributed by atoms with E-state index in [-0.39, 0.29) is 11.8 Å². The van der Waals surface area contributed by atoms with Crippen LogP contribution in [0, 0.1) is 11.8 Å². The van der Waals surface area contributed by atoms with Crippen LogP contribution in [0.25, 0.3) is 0 Å². The summed E-state index contributed by atoms with van der Waals surface area (Å²) in [5.74, 6) is 0.500. The van der Waals surface area contributed by atoms with E-state index in [0.717, 1.165) is 13.1 Å². The molecule has 0 aromatic carbocycles. The molecule has 1 heterocycles. The summed E-state index contributed by atoms with van der Waals surface area (Å²) in [6, 6.07) is 0. The second-order valence-corrected chi connectivity index (χ2v) is 2.88. The second kappa shape index (κ2) is 3.69. The van der Waals surface area contributed by atoms with E-state index in [4.69, 9.17) is 0 Å². The molecule has 0 spiro atoms. The highest BCUT2D eigenvalue weighted by Crippen LogP contribution is 2.15. The third-order valence-corrected chi connectivity index (χ3v) is 2.14. The van der Waals surface area contributed by atoms with Crippen LogP contribution >= 0.6 is 0 Å². The van der Waals surface area contributed by atoms with E-state index in [2.05, 4.69) is 15.6 Å². The Morgan fingerprint density at radius 3 is 2.73 bits per heavy atom. The quantitative estimate of drug-likeness (QED) is 0.545. The fourth-order valence-electron chi connectivity index (χ4n) is 1.07. The van der Waals surface area contributed by atoms with Crippen molar-refractivity contribution in [2.24, 2.45) is 11.8 Å². The lowest BCUT2D eigenvalue weighted by molar-refractivity contribution is -0.137. The minimum atomic E-state index is -0.0287. The normalized spacial score (nSPS) is 20.5. The molecule has 4 heteroatoms. The molecule has 1 aliphatic heterocycles. The highest BCUT2D eigenvalue weighted by atomic mass is 16.6. The third kappa shape index (κ3) is 1.91. The van der Waals surface area contributed by atoms with Gasteiger partial charge in [0.15, 0.2) is 0 Å². The molecule has 64 valence electrons. The van der Waals surface area contributed by atoms with Crippen molar-refractivity contribution in [2.75, 3.05) is 20.2 Å². The molecule has 0 aliphatic carbocycles. The zero-order chi connectivity index (χ0) is 8.27. The lowest BCUT2D eigenvalue weighted by atomic mass is 9.88. The standard InChI is InChI=1S/C7H14N2O2/c1-5(6-3-8-4-6)7(10)9-11-2/h5-6,8H,3-4H2,1-2H3,(H,9,10). The minimum absolute atomic E-state index is 0.0287. The summed E-state index contributed by atoms with van der Waals surface area (Å²) < 4.78 is 0. The molecule has 0 bridgehead atoms. The topological polar surface area (TPSA) is 50.4 Å². The van der Waals surface area contributed by atoms with Crippen molar-refractivity contribution in [3.8, 4) is 0 Å². The summed E-state index contributed by atoms with van der Waals surface area (Å²) in [5.41, 5.74) is 2.33. The van der Waals surface area contributed by atoms with Crippen molar-refractivity contribution in [3.05, 3.63) is 0 Å². The molecule has 1 aliphatic rings. The Labute approximate surface area is 66.3 Å². The molecule has 2 N–H and O–H groups in total. The largest absolute Gasteiger partial charge is 0.316 e. The van der Waals surface area contributed by atoms with Crippen molar-refractivity contribution in [3.63, 3.8) is 0 Å². The van der Waals surface area contributed by atoms with Crippen LogP contribution in [0.15, 0.2) is 0 Å². The number of amides is 1. The summed E-state index contributed by atoms with van der Waals surface area (Å²) in [7, 11) is 1.45. The van der Waals surface area contributed by atoms with Crippen LogP contribution in [0.2, 0.25) is 0 Å². The van der Waals surface area contributed by atoms with E-state index >= 15 is 0 Å². The van der Waals surface area contributed by atoms with Crippen molar-refractivity contribution in [2.45, 2.75) is 6.92 Å². The van der Waals surface area contributed by atoms with E-state index < -0.39 is 0 Å². The molecular weight excluding hydrogens is 144 g/mol. The lowest BCUT2D eigenvalue weighted by Gasteiger charge is -2.31. The predicted octanol–water partition coefficient (Wildman–Crippen LogP) is -0.480. The maximum atomic E-state index is 11.1. The molecule has 1 fully saturated rings. The molecule has 1 amide bonds. The van der Waals surface area contributed by atoms with Gasteiger partial charge in [-0.3, -0.25) is 9.63 Å². The van der Waals surface area contributed by atoms with Crippen LogP contribution in [-0.2, 0) is 9.63 Å². The smallest absolute Gasteiger partial charge is 0.246 e. The molecule has 1 saturated heterocycles. The number of carbonyl (C=O) groups excluding carboxylic acids is 1. The zero-order valence-electron chi connectivity index (χ0n) is 6.89. The highest BCUT2D eigenvalue weighted by molar-refractivity contribution is 5.77. The molecular formula is C7H14N2O2. The number of hydrogen-bond acceptors (Lipinski definition) is 3. The summed E-state index contributed by atoms with van der Waals surface area (Å²) >= 11 is 0. The first-order chi connectivity index (χ1) is 5.25. The van der Waals surface area contributed by atoms with Crippen molar-refractivity contribution in [1.29, 1.82) is 0 Å². The Bertz CT molecular complexity index is 145. The Hall–Kier alpha value is -0.610.